The van der Waals surface area contributed by atoms with Crippen molar-refractivity contribution in [3.8, 4) is 51.4 Å². The van der Waals surface area contributed by atoms with Gasteiger partial charge in [0.25, 0.3) is 0 Å². The molecular formula is C57H75N9O6. The maximum Gasteiger partial charge on any atom is 0.159 e. The third-order valence-corrected chi connectivity index (χ3v) is 13.2. The number of rotatable bonds is 15. The van der Waals surface area contributed by atoms with Crippen LogP contribution in [0.15, 0.2) is 110 Å². The van der Waals surface area contributed by atoms with E-state index in [1.807, 2.05) is 6.07 Å². The van der Waals surface area contributed by atoms with Gasteiger partial charge in [-0.1, -0.05) is 54.6 Å². The van der Waals surface area contributed by atoms with Crippen molar-refractivity contribution in [2.45, 2.75) is 77.4 Å². The van der Waals surface area contributed by atoms with Crippen LogP contribution in [-0.4, -0.2) is 140 Å². The van der Waals surface area contributed by atoms with E-state index in [9.17, 15) is 15.3 Å². The minimum atomic E-state index is -2.86. The molecule has 0 bridgehead atoms. The van der Waals surface area contributed by atoms with Crippen molar-refractivity contribution in [3.63, 3.8) is 0 Å². The summed E-state index contributed by atoms with van der Waals surface area (Å²) in [5, 5.41) is 29.9. The molecule has 3 atom stereocenters. The fourth-order valence-electron chi connectivity index (χ4n) is 8.48. The molecular weight excluding hydrogens is 907 g/mol. The summed E-state index contributed by atoms with van der Waals surface area (Å²) in [5.41, 5.74) is 2.74. The molecule has 3 fully saturated rings. The molecule has 0 saturated carbocycles. The number of aromatic nitrogens is 6. The first-order valence-electron chi connectivity index (χ1n) is 28.8. The molecule has 9 rings (SSSR count). The summed E-state index contributed by atoms with van der Waals surface area (Å²) in [7, 11) is 6.41. The highest BCUT2D eigenvalue weighted by Crippen LogP contribution is 2.26. The third-order valence-electron chi connectivity index (χ3n) is 13.2. The zero-order chi connectivity index (χ0) is 57.7. The molecule has 3 aromatic heterocycles. The van der Waals surface area contributed by atoms with Gasteiger partial charge in [0, 0.05) is 24.9 Å². The van der Waals surface area contributed by atoms with Crippen molar-refractivity contribution in [2.75, 3.05) is 80.2 Å². The predicted molar refractivity (Wildman–Crippen MR) is 281 cm³/mol. The number of aliphatic hydroxyl groups excluding tert-OH is 1. The first-order chi connectivity index (χ1) is 37.9. The Bertz CT molecular complexity index is 2840. The van der Waals surface area contributed by atoms with Crippen LogP contribution in [0.1, 0.15) is 105 Å². The van der Waals surface area contributed by atoms with E-state index in [-0.39, 0.29) is 5.56 Å². The summed E-state index contributed by atoms with van der Waals surface area (Å²) < 4.78 is 77.1. The quantitative estimate of drug-likeness (QED) is 0.0890. The Morgan fingerprint density at radius 2 is 0.792 bits per heavy atom. The zero-order valence-corrected chi connectivity index (χ0v) is 41.9. The molecule has 3 aromatic carbocycles. The topological polar surface area (TPSA) is 175 Å². The van der Waals surface area contributed by atoms with Crippen molar-refractivity contribution < 1.29 is 40.5 Å². The van der Waals surface area contributed by atoms with Gasteiger partial charge in [0.15, 0.2) is 34.7 Å². The maximum atomic E-state index is 10.1. The van der Waals surface area contributed by atoms with Crippen molar-refractivity contribution in [1.82, 2.24) is 44.6 Å². The number of likely N-dealkylation sites (tertiary alicyclic amines) is 3. The number of aliphatic hydroxyl groups is 3. The lowest BCUT2D eigenvalue weighted by molar-refractivity contribution is 0.159. The Kier molecular flexibility index (Phi) is 16.5. The molecule has 3 saturated heterocycles. The standard InChI is InChI=1S/3C19H25N3O2/c3*1-14(23)16-4-3-5-17(10-16)19-20-11-18(12-21-19)24-13-15-6-8-22(2)9-7-15/h3*3-5,10-12,14-15,23H,6-9,13H2,1-2H3/i1D3,14D;14D;1D3. The highest BCUT2D eigenvalue weighted by atomic mass is 16.5. The number of hydrogen-bond acceptors (Lipinski definition) is 15. The van der Waals surface area contributed by atoms with Gasteiger partial charge in [-0.2, -0.15) is 0 Å². The normalized spacial score (nSPS) is 20.5. The van der Waals surface area contributed by atoms with E-state index in [0.29, 0.717) is 94.5 Å². The van der Waals surface area contributed by atoms with Crippen molar-refractivity contribution in [1.29, 1.82) is 0 Å². The van der Waals surface area contributed by atoms with Crippen LogP contribution in [0, 0.1) is 17.8 Å². The van der Waals surface area contributed by atoms with Crippen LogP contribution in [0.2, 0.25) is 0 Å². The number of hydrogen-bond donors (Lipinski definition) is 3. The van der Waals surface area contributed by atoms with E-state index in [2.05, 4.69) is 65.7 Å². The molecule has 6 aromatic rings. The van der Waals surface area contributed by atoms with Crippen LogP contribution in [0.25, 0.3) is 34.2 Å². The van der Waals surface area contributed by atoms with Crippen LogP contribution in [0.5, 0.6) is 17.2 Å². The van der Waals surface area contributed by atoms with Gasteiger partial charge >= 0.3 is 0 Å². The molecule has 3 N–H and O–H groups in total. The molecule has 6 heterocycles. The van der Waals surface area contributed by atoms with Gasteiger partial charge < -0.3 is 44.2 Å². The fourth-order valence-corrected chi connectivity index (χ4v) is 8.48. The first kappa shape index (κ1) is 43.6. The van der Waals surface area contributed by atoms with E-state index >= 15 is 0 Å². The Morgan fingerprint density at radius 3 is 1.10 bits per heavy atom. The lowest BCUT2D eigenvalue weighted by Gasteiger charge is -2.28. The van der Waals surface area contributed by atoms with Crippen LogP contribution in [0.3, 0.4) is 0 Å². The van der Waals surface area contributed by atoms with Gasteiger partial charge in [-0.15, -0.1) is 0 Å². The highest BCUT2D eigenvalue weighted by Gasteiger charge is 2.20. The predicted octanol–water partition coefficient (Wildman–Crippen LogP) is 8.75. The SMILES string of the molecule is [2H]C(C)(O)c1cccc(-c2ncc(OCC3CCN(C)CC3)cn2)c1.[2H]C([2H])([2H])C(O)c1cccc(-c2ncc(OCC3CCN(C)CC3)cn2)c1.[2H]C([2H])([2H])C([2H])(O)c1cccc(-c2ncc(OCC3CCN(C)CC3)cn2)c1. The Morgan fingerprint density at radius 1 is 0.486 bits per heavy atom. The molecule has 0 amide bonds. The average molecular weight is 990 g/mol. The lowest BCUT2D eigenvalue weighted by Crippen LogP contribution is -2.32. The molecule has 384 valence electrons. The minimum absolute atomic E-state index is 0.0313. The number of ether oxygens (including phenoxy) is 3. The molecule has 72 heavy (non-hydrogen) atoms. The molecule has 3 aliphatic rings. The monoisotopic (exact) mass is 990 g/mol. The zero-order valence-electron chi connectivity index (χ0n) is 49.9. The summed E-state index contributed by atoms with van der Waals surface area (Å²) in [4.78, 5) is 32.9. The van der Waals surface area contributed by atoms with Gasteiger partial charge in [0.2, 0.25) is 0 Å². The van der Waals surface area contributed by atoms with E-state index in [0.717, 1.165) is 83.4 Å². The van der Waals surface area contributed by atoms with Gasteiger partial charge in [0.05, 0.1) is 78.0 Å². The number of piperidine rings is 3. The number of nitrogens with zero attached hydrogens (tertiary/aromatic N) is 9. The summed E-state index contributed by atoms with van der Waals surface area (Å²) in [5.74, 6) is 4.93. The van der Waals surface area contributed by atoms with E-state index in [1.54, 1.807) is 91.8 Å². The van der Waals surface area contributed by atoms with Crippen LogP contribution < -0.4 is 14.2 Å². The van der Waals surface area contributed by atoms with E-state index in [4.69, 9.17) is 25.2 Å². The Labute approximate surface area is 437 Å². The van der Waals surface area contributed by atoms with Crippen molar-refractivity contribution in [2.24, 2.45) is 17.8 Å². The summed E-state index contributed by atoms with van der Waals surface area (Å²) in [6.07, 6.45) is 10.7. The van der Waals surface area contributed by atoms with Crippen LogP contribution in [0.4, 0.5) is 0 Å². The summed E-state index contributed by atoms with van der Waals surface area (Å²) >= 11 is 0. The molecule has 15 heteroatoms. The highest BCUT2D eigenvalue weighted by molar-refractivity contribution is 5.58. The molecule has 0 radical (unpaired) electrons. The van der Waals surface area contributed by atoms with Crippen LogP contribution in [-0.2, 0) is 0 Å². The second kappa shape index (κ2) is 27.2. The van der Waals surface area contributed by atoms with Gasteiger partial charge in [-0.05, 0) is 172 Å². The molecule has 0 aliphatic carbocycles. The lowest BCUT2D eigenvalue weighted by atomic mass is 9.98. The van der Waals surface area contributed by atoms with Crippen molar-refractivity contribution in [3.05, 3.63) is 127 Å². The second-order valence-electron chi connectivity index (χ2n) is 19.0. The number of benzene rings is 3. The molecule has 15 nitrogen and oxygen atoms in total. The Balaban J connectivity index is 0.000000174. The summed E-state index contributed by atoms with van der Waals surface area (Å²) in [6.45, 7) is 4.72. The first-order valence-corrected chi connectivity index (χ1v) is 24.8. The van der Waals surface area contributed by atoms with Gasteiger partial charge in [0.1, 0.15) is 0 Å². The van der Waals surface area contributed by atoms with Gasteiger partial charge in [-0.3, -0.25) is 0 Å². The second-order valence-corrected chi connectivity index (χ2v) is 19.0. The Hall–Kier alpha value is -5.94. The minimum Gasteiger partial charge on any atom is -0.490 e. The summed E-state index contributed by atoms with van der Waals surface area (Å²) in [6, 6.07) is 19.9. The van der Waals surface area contributed by atoms with Crippen LogP contribution >= 0.6 is 0 Å². The average Bonchev–Trinajstić information content (AvgIpc) is 3.44. The van der Waals surface area contributed by atoms with Crippen molar-refractivity contribution >= 4 is 0 Å². The van der Waals surface area contributed by atoms with Gasteiger partial charge in [-0.25, -0.2) is 29.9 Å². The van der Waals surface area contributed by atoms with E-state index < -0.39 is 32.0 Å². The molecule has 3 unspecified atom stereocenters. The molecule has 3 aliphatic heterocycles. The smallest absolute Gasteiger partial charge is 0.159 e. The van der Waals surface area contributed by atoms with E-state index in [1.165, 1.54) is 19.1 Å². The maximum absolute atomic E-state index is 10.1. The largest absolute Gasteiger partial charge is 0.490 e. The third kappa shape index (κ3) is 16.8. The fraction of sp³-hybridized carbons (Fsp3) is 0.474. The molecule has 0 spiro atoms.